The lowest BCUT2D eigenvalue weighted by molar-refractivity contribution is -0.152. The highest BCUT2D eigenvalue weighted by Crippen LogP contribution is 2.20. The van der Waals surface area contributed by atoms with Gasteiger partial charge >= 0.3 is 5.97 Å². The van der Waals surface area contributed by atoms with Crippen molar-refractivity contribution in [1.82, 2.24) is 9.62 Å². The largest absolute Gasteiger partial charge is 0.451 e. The van der Waals surface area contributed by atoms with Crippen molar-refractivity contribution in [2.45, 2.75) is 31.8 Å². The Morgan fingerprint density at radius 3 is 2.21 bits per heavy atom. The molecule has 2 rings (SSSR count). The summed E-state index contributed by atoms with van der Waals surface area (Å²) in [5, 5.41) is 5.27. The second-order valence-corrected chi connectivity index (χ2v) is 9.24. The summed E-state index contributed by atoms with van der Waals surface area (Å²) in [6.07, 6.45) is -1.12. The topological polar surface area (TPSA) is 122 Å². The number of esters is 1. The van der Waals surface area contributed by atoms with Crippen molar-refractivity contribution in [2.24, 2.45) is 0 Å². The van der Waals surface area contributed by atoms with Crippen molar-refractivity contribution >= 4 is 45.1 Å². The number of nitrogens with one attached hydrogen (secondary N) is 2. The highest BCUT2D eigenvalue weighted by Gasteiger charge is 2.22. The molecular formula is C22H26ClN3O6S. The van der Waals surface area contributed by atoms with E-state index in [-0.39, 0.29) is 10.5 Å². The third kappa shape index (κ3) is 7.01. The number of carbonyl (C=O) groups excluding carboxylic acids is 3. The van der Waals surface area contributed by atoms with Crippen LogP contribution >= 0.6 is 11.6 Å². The Kier molecular flexibility index (Phi) is 9.39. The summed E-state index contributed by atoms with van der Waals surface area (Å²) in [4.78, 5) is 36.5. The molecule has 2 aromatic rings. The fraction of sp³-hybridized carbons (Fsp3) is 0.318. The molecule has 0 aliphatic heterocycles. The number of hydrogen-bond donors (Lipinski definition) is 2. The number of para-hydroxylation sites is 1. The normalized spacial score (nSPS) is 12.2. The Hall–Kier alpha value is -2.95. The summed E-state index contributed by atoms with van der Waals surface area (Å²) in [5.41, 5.74) is 0.553. The molecule has 0 aliphatic carbocycles. The van der Waals surface area contributed by atoms with Crippen LogP contribution in [0.2, 0.25) is 5.02 Å². The quantitative estimate of drug-likeness (QED) is 0.489. The molecule has 2 aromatic carbocycles. The van der Waals surface area contributed by atoms with Crippen LogP contribution in [-0.4, -0.2) is 56.2 Å². The molecule has 0 bridgehead atoms. The van der Waals surface area contributed by atoms with E-state index in [9.17, 15) is 22.8 Å². The molecule has 178 valence electrons. The number of halogens is 1. The van der Waals surface area contributed by atoms with Gasteiger partial charge in [0.2, 0.25) is 10.0 Å². The van der Waals surface area contributed by atoms with Gasteiger partial charge in [-0.15, -0.1) is 0 Å². The van der Waals surface area contributed by atoms with Gasteiger partial charge in [0, 0.05) is 18.7 Å². The minimum atomic E-state index is -3.64. The molecule has 11 heteroatoms. The van der Waals surface area contributed by atoms with E-state index in [2.05, 4.69) is 10.6 Å². The van der Waals surface area contributed by atoms with Crippen LogP contribution in [0.5, 0.6) is 0 Å². The number of rotatable bonds is 10. The highest BCUT2D eigenvalue weighted by molar-refractivity contribution is 7.89. The van der Waals surface area contributed by atoms with Crippen molar-refractivity contribution in [1.29, 1.82) is 0 Å². The van der Waals surface area contributed by atoms with E-state index in [0.29, 0.717) is 23.8 Å². The van der Waals surface area contributed by atoms with E-state index in [1.165, 1.54) is 35.5 Å². The van der Waals surface area contributed by atoms with Gasteiger partial charge in [-0.25, -0.2) is 8.42 Å². The average Bonchev–Trinajstić information content (AvgIpc) is 2.79. The highest BCUT2D eigenvalue weighted by atomic mass is 35.5. The molecule has 1 unspecified atom stereocenters. The molecule has 0 aromatic heterocycles. The van der Waals surface area contributed by atoms with E-state index in [1.54, 1.807) is 38.1 Å². The van der Waals surface area contributed by atoms with Gasteiger partial charge < -0.3 is 15.4 Å². The maximum absolute atomic E-state index is 12.5. The maximum atomic E-state index is 12.5. The van der Waals surface area contributed by atoms with Crippen molar-refractivity contribution in [3.63, 3.8) is 0 Å². The predicted molar refractivity (Wildman–Crippen MR) is 125 cm³/mol. The van der Waals surface area contributed by atoms with Gasteiger partial charge in [0.05, 0.1) is 15.6 Å². The zero-order valence-electron chi connectivity index (χ0n) is 18.5. The number of hydrogen-bond acceptors (Lipinski definition) is 6. The number of anilines is 1. The van der Waals surface area contributed by atoms with Crippen molar-refractivity contribution in [3.8, 4) is 0 Å². The van der Waals surface area contributed by atoms with Crippen molar-refractivity contribution < 1.29 is 27.5 Å². The molecule has 2 amide bonds. The summed E-state index contributed by atoms with van der Waals surface area (Å²) in [6.45, 7) is 5.06. The minimum Gasteiger partial charge on any atom is -0.451 e. The van der Waals surface area contributed by atoms with E-state index < -0.39 is 40.5 Å². The summed E-state index contributed by atoms with van der Waals surface area (Å²) in [7, 11) is -3.64. The zero-order valence-corrected chi connectivity index (χ0v) is 20.1. The number of nitrogens with zero attached hydrogens (tertiary/aromatic N) is 1. The standard InChI is InChI=1S/C22H26ClN3O6S/c1-4-26(5-2)33(30,31)17-12-10-16(11-13-17)22(29)24-14-20(27)32-15(3)21(28)25-19-9-7-6-8-18(19)23/h6-13,15H,4-5,14H2,1-3H3,(H,24,29)(H,25,28). The van der Waals surface area contributed by atoms with E-state index in [0.717, 1.165) is 0 Å². The Bertz CT molecular complexity index is 1100. The van der Waals surface area contributed by atoms with Gasteiger partial charge in [-0.05, 0) is 43.3 Å². The molecule has 0 spiro atoms. The van der Waals surface area contributed by atoms with Gasteiger partial charge in [-0.3, -0.25) is 14.4 Å². The lowest BCUT2D eigenvalue weighted by Crippen LogP contribution is -2.36. The van der Waals surface area contributed by atoms with Crippen LogP contribution in [0.3, 0.4) is 0 Å². The second kappa shape index (κ2) is 11.8. The van der Waals surface area contributed by atoms with Crippen LogP contribution < -0.4 is 10.6 Å². The van der Waals surface area contributed by atoms with E-state index in [1.807, 2.05) is 0 Å². The molecule has 9 nitrogen and oxygen atoms in total. The average molecular weight is 496 g/mol. The Balaban J connectivity index is 1.89. The minimum absolute atomic E-state index is 0.0699. The van der Waals surface area contributed by atoms with Crippen LogP contribution in [0.15, 0.2) is 53.4 Å². The molecule has 0 radical (unpaired) electrons. The van der Waals surface area contributed by atoms with Crippen LogP contribution in [0.4, 0.5) is 5.69 Å². The van der Waals surface area contributed by atoms with Crippen LogP contribution in [-0.2, 0) is 24.3 Å². The predicted octanol–water partition coefficient (Wildman–Crippen LogP) is 2.67. The van der Waals surface area contributed by atoms with Crippen molar-refractivity contribution in [2.75, 3.05) is 25.0 Å². The third-order valence-corrected chi connectivity index (χ3v) is 7.06. The van der Waals surface area contributed by atoms with Crippen LogP contribution in [0.1, 0.15) is 31.1 Å². The zero-order chi connectivity index (χ0) is 24.6. The van der Waals surface area contributed by atoms with E-state index in [4.69, 9.17) is 16.3 Å². The molecule has 0 heterocycles. The molecule has 0 saturated carbocycles. The van der Waals surface area contributed by atoms with Gasteiger partial charge in [0.1, 0.15) is 6.54 Å². The number of ether oxygens (including phenoxy) is 1. The maximum Gasteiger partial charge on any atom is 0.326 e. The first-order chi connectivity index (χ1) is 15.6. The number of amides is 2. The second-order valence-electron chi connectivity index (χ2n) is 6.90. The summed E-state index contributed by atoms with van der Waals surface area (Å²) < 4.78 is 31.4. The SMILES string of the molecule is CCN(CC)S(=O)(=O)c1ccc(C(=O)NCC(=O)OC(C)C(=O)Nc2ccccc2Cl)cc1. The molecule has 2 N–H and O–H groups in total. The first-order valence-corrected chi connectivity index (χ1v) is 12.0. The number of carbonyl (C=O) groups is 3. The summed E-state index contributed by atoms with van der Waals surface area (Å²) in [5.74, 6) is -1.98. The monoisotopic (exact) mass is 495 g/mol. The lowest BCUT2D eigenvalue weighted by atomic mass is 10.2. The van der Waals surface area contributed by atoms with Gasteiger partial charge in [-0.1, -0.05) is 37.6 Å². The van der Waals surface area contributed by atoms with E-state index >= 15 is 0 Å². The van der Waals surface area contributed by atoms with Crippen LogP contribution in [0.25, 0.3) is 0 Å². The number of sulfonamides is 1. The van der Waals surface area contributed by atoms with Crippen molar-refractivity contribution in [3.05, 3.63) is 59.1 Å². The Morgan fingerprint density at radius 1 is 1.03 bits per heavy atom. The van der Waals surface area contributed by atoms with Gasteiger partial charge in [0.25, 0.3) is 11.8 Å². The summed E-state index contributed by atoms with van der Waals surface area (Å²) in [6, 6.07) is 12.0. The fourth-order valence-corrected chi connectivity index (χ4v) is 4.48. The first kappa shape index (κ1) is 26.3. The molecule has 0 aliphatic rings. The Labute approximate surface area is 198 Å². The lowest BCUT2D eigenvalue weighted by Gasteiger charge is -2.18. The molecule has 0 fully saturated rings. The number of benzene rings is 2. The summed E-state index contributed by atoms with van der Waals surface area (Å²) >= 11 is 5.98. The Morgan fingerprint density at radius 2 is 1.64 bits per heavy atom. The third-order valence-electron chi connectivity index (χ3n) is 4.66. The van der Waals surface area contributed by atoms with Crippen LogP contribution in [0, 0.1) is 0 Å². The molecule has 33 heavy (non-hydrogen) atoms. The molecule has 1 atom stereocenters. The fourth-order valence-electron chi connectivity index (χ4n) is 2.83. The first-order valence-electron chi connectivity index (χ1n) is 10.2. The smallest absolute Gasteiger partial charge is 0.326 e. The van der Waals surface area contributed by atoms with Gasteiger partial charge in [-0.2, -0.15) is 4.31 Å². The molecule has 0 saturated heterocycles. The molecular weight excluding hydrogens is 470 g/mol. The van der Waals surface area contributed by atoms with Gasteiger partial charge in [0.15, 0.2) is 6.10 Å².